The summed E-state index contributed by atoms with van der Waals surface area (Å²) in [5, 5.41) is 4.72. The highest BCUT2D eigenvalue weighted by molar-refractivity contribution is 7.99. The molecule has 0 spiro atoms. The van der Waals surface area contributed by atoms with Crippen LogP contribution in [0, 0.1) is 11.3 Å². The molecule has 0 radical (unpaired) electrons. The van der Waals surface area contributed by atoms with Gasteiger partial charge in [0.1, 0.15) is 0 Å². The maximum Gasteiger partial charge on any atom is 0.0237 e. The number of hydrogen-bond donors (Lipinski definition) is 1. The minimum Gasteiger partial charge on any atom is -0.312 e. The van der Waals surface area contributed by atoms with Gasteiger partial charge < -0.3 is 5.32 Å². The predicted octanol–water partition coefficient (Wildman–Crippen LogP) is 4.86. The van der Waals surface area contributed by atoms with Crippen LogP contribution in [0.3, 0.4) is 0 Å². The molecule has 0 aliphatic heterocycles. The lowest BCUT2D eigenvalue weighted by Gasteiger charge is -2.44. The van der Waals surface area contributed by atoms with Crippen molar-refractivity contribution in [3.63, 3.8) is 0 Å². The van der Waals surface area contributed by atoms with Crippen molar-refractivity contribution in [2.24, 2.45) is 11.3 Å². The molecule has 0 aromatic rings. The Hall–Kier alpha value is 0.310. The van der Waals surface area contributed by atoms with Gasteiger partial charge >= 0.3 is 0 Å². The van der Waals surface area contributed by atoms with Crippen molar-refractivity contribution in [1.29, 1.82) is 0 Å². The first-order valence-electron chi connectivity index (χ1n) is 8.48. The van der Waals surface area contributed by atoms with Gasteiger partial charge in [0.15, 0.2) is 0 Å². The smallest absolute Gasteiger partial charge is 0.0237 e. The van der Waals surface area contributed by atoms with E-state index in [0.29, 0.717) is 5.41 Å². The van der Waals surface area contributed by atoms with Gasteiger partial charge in [-0.2, -0.15) is 11.8 Å². The summed E-state index contributed by atoms with van der Waals surface area (Å²) in [6, 6.07) is 0.729. The number of hydrogen-bond acceptors (Lipinski definition) is 2. The summed E-state index contributed by atoms with van der Waals surface area (Å²) in [5.41, 5.74) is 0.487. The molecule has 0 aromatic carbocycles. The summed E-state index contributed by atoms with van der Waals surface area (Å²) < 4.78 is 0. The minimum absolute atomic E-state index is 0.487. The topological polar surface area (TPSA) is 12.0 Å². The van der Waals surface area contributed by atoms with Crippen LogP contribution >= 0.6 is 11.8 Å². The second-order valence-electron chi connectivity index (χ2n) is 7.33. The van der Waals surface area contributed by atoms with Crippen LogP contribution in [0.1, 0.15) is 72.1 Å². The molecule has 2 fully saturated rings. The second kappa shape index (κ2) is 7.36. The van der Waals surface area contributed by atoms with Crippen LogP contribution in [-0.2, 0) is 0 Å². The zero-order chi connectivity index (χ0) is 13.7. The van der Waals surface area contributed by atoms with Crippen molar-refractivity contribution >= 4 is 11.8 Å². The maximum atomic E-state index is 3.87. The summed E-state index contributed by atoms with van der Waals surface area (Å²) in [6.07, 6.45) is 11.5. The van der Waals surface area contributed by atoms with Crippen LogP contribution in [0.15, 0.2) is 0 Å². The van der Waals surface area contributed by atoms with Gasteiger partial charge in [-0.3, -0.25) is 0 Å². The minimum atomic E-state index is 0.487. The third kappa shape index (κ3) is 4.39. The van der Waals surface area contributed by atoms with Crippen molar-refractivity contribution in [3.05, 3.63) is 0 Å². The third-order valence-electron chi connectivity index (χ3n) is 5.16. The summed E-state index contributed by atoms with van der Waals surface area (Å²) in [7, 11) is 0. The molecule has 2 heteroatoms. The summed E-state index contributed by atoms with van der Waals surface area (Å²) >= 11 is 2.29. The fraction of sp³-hybridized carbons (Fsp3) is 1.00. The van der Waals surface area contributed by atoms with E-state index in [4.69, 9.17) is 0 Å². The molecule has 0 bridgehead atoms. The van der Waals surface area contributed by atoms with Crippen LogP contribution in [0.4, 0.5) is 0 Å². The number of rotatable bonds is 6. The molecule has 2 aliphatic carbocycles. The Balaban J connectivity index is 1.87. The van der Waals surface area contributed by atoms with Gasteiger partial charge in [0.05, 0.1) is 0 Å². The fourth-order valence-electron chi connectivity index (χ4n) is 3.91. The summed E-state index contributed by atoms with van der Waals surface area (Å²) in [5.74, 6) is 2.45. The Labute approximate surface area is 124 Å². The first kappa shape index (κ1) is 15.7. The summed E-state index contributed by atoms with van der Waals surface area (Å²) in [6.45, 7) is 8.42. The molecule has 0 saturated heterocycles. The van der Waals surface area contributed by atoms with E-state index in [0.717, 1.165) is 17.2 Å². The highest BCUT2D eigenvalue weighted by Gasteiger charge is 2.38. The van der Waals surface area contributed by atoms with E-state index >= 15 is 0 Å². The quantitative estimate of drug-likeness (QED) is 0.747. The van der Waals surface area contributed by atoms with E-state index in [1.54, 1.807) is 0 Å². The van der Waals surface area contributed by atoms with E-state index in [1.807, 2.05) is 0 Å². The molecule has 2 unspecified atom stereocenters. The molecule has 2 saturated carbocycles. The lowest BCUT2D eigenvalue weighted by Crippen LogP contribution is -2.51. The first-order chi connectivity index (χ1) is 9.13. The second-order valence-corrected chi connectivity index (χ2v) is 8.61. The van der Waals surface area contributed by atoms with Gasteiger partial charge in [0.2, 0.25) is 0 Å². The summed E-state index contributed by atoms with van der Waals surface area (Å²) in [4.78, 5) is 0. The molecule has 2 rings (SSSR count). The maximum absolute atomic E-state index is 3.87. The van der Waals surface area contributed by atoms with Crippen LogP contribution in [0.25, 0.3) is 0 Å². The molecule has 1 N–H and O–H groups in total. The average Bonchev–Trinajstić information content (AvgIpc) is 2.87. The lowest BCUT2D eigenvalue weighted by atomic mass is 9.73. The van der Waals surface area contributed by atoms with Crippen LogP contribution in [0.5, 0.6) is 0 Å². The molecule has 0 aromatic heterocycles. The first-order valence-corrected chi connectivity index (χ1v) is 9.53. The van der Waals surface area contributed by atoms with E-state index in [-0.39, 0.29) is 0 Å². The fourth-order valence-corrected chi connectivity index (χ4v) is 5.75. The molecule has 2 atom stereocenters. The third-order valence-corrected chi connectivity index (χ3v) is 6.76. The molecule has 2 aliphatic rings. The zero-order valence-electron chi connectivity index (χ0n) is 13.2. The van der Waals surface area contributed by atoms with E-state index in [9.17, 15) is 0 Å². The predicted molar refractivity (Wildman–Crippen MR) is 87.9 cm³/mol. The Morgan fingerprint density at radius 1 is 1.11 bits per heavy atom. The van der Waals surface area contributed by atoms with Crippen LogP contribution in [0.2, 0.25) is 0 Å². The number of nitrogens with one attached hydrogen (secondary N) is 1. The van der Waals surface area contributed by atoms with Crippen LogP contribution < -0.4 is 5.32 Å². The Morgan fingerprint density at radius 3 is 2.53 bits per heavy atom. The molecular weight excluding hydrogens is 250 g/mol. The van der Waals surface area contributed by atoms with Crippen molar-refractivity contribution in [1.82, 2.24) is 5.32 Å². The highest BCUT2D eigenvalue weighted by Crippen LogP contribution is 2.42. The molecule has 0 amide bonds. The SMILES string of the molecule is CCCNC1C(SCC2CCCC2)CCCC1(C)C. The zero-order valence-corrected chi connectivity index (χ0v) is 14.0. The Bertz CT molecular complexity index is 258. The van der Waals surface area contributed by atoms with Gasteiger partial charge in [-0.25, -0.2) is 0 Å². The highest BCUT2D eigenvalue weighted by atomic mass is 32.2. The molecule has 19 heavy (non-hydrogen) atoms. The van der Waals surface area contributed by atoms with E-state index in [1.165, 1.54) is 63.7 Å². The molecule has 112 valence electrons. The largest absolute Gasteiger partial charge is 0.312 e. The number of thioether (sulfide) groups is 1. The normalized spacial score (nSPS) is 31.7. The van der Waals surface area contributed by atoms with Crippen molar-refractivity contribution in [2.45, 2.75) is 83.4 Å². The van der Waals surface area contributed by atoms with Crippen molar-refractivity contribution < 1.29 is 0 Å². The van der Waals surface area contributed by atoms with Gasteiger partial charge in [-0.05, 0) is 55.7 Å². The van der Waals surface area contributed by atoms with Crippen LogP contribution in [-0.4, -0.2) is 23.6 Å². The van der Waals surface area contributed by atoms with Gasteiger partial charge in [0, 0.05) is 11.3 Å². The molecular formula is C17H33NS. The Kier molecular flexibility index (Phi) is 6.08. The molecule has 1 nitrogen and oxygen atoms in total. The standard InChI is InChI=1S/C17H33NS/c1-4-12-18-16-15(10-7-11-17(16,2)3)19-13-14-8-5-6-9-14/h14-16,18H,4-13H2,1-3H3. The molecule has 0 heterocycles. The monoisotopic (exact) mass is 283 g/mol. The average molecular weight is 284 g/mol. The van der Waals surface area contributed by atoms with Gasteiger partial charge in [-0.15, -0.1) is 0 Å². The van der Waals surface area contributed by atoms with Crippen molar-refractivity contribution in [3.8, 4) is 0 Å². The van der Waals surface area contributed by atoms with Gasteiger partial charge in [-0.1, -0.05) is 40.0 Å². The van der Waals surface area contributed by atoms with E-state index < -0.39 is 0 Å². The van der Waals surface area contributed by atoms with Gasteiger partial charge in [0.25, 0.3) is 0 Å². The Morgan fingerprint density at radius 2 is 1.84 bits per heavy atom. The van der Waals surface area contributed by atoms with Crippen molar-refractivity contribution in [2.75, 3.05) is 12.3 Å². The van der Waals surface area contributed by atoms with E-state index in [2.05, 4.69) is 37.8 Å². The lowest BCUT2D eigenvalue weighted by molar-refractivity contribution is 0.175.